The summed E-state index contributed by atoms with van der Waals surface area (Å²) < 4.78 is 5.59. The van der Waals surface area contributed by atoms with E-state index in [4.69, 9.17) is 4.74 Å². The Morgan fingerprint density at radius 3 is 2.33 bits per heavy atom. The van der Waals surface area contributed by atoms with Gasteiger partial charge in [0.05, 0.1) is 0 Å². The summed E-state index contributed by atoms with van der Waals surface area (Å²) in [5, 5.41) is 7.00. The maximum absolute atomic E-state index is 5.59. The first kappa shape index (κ1) is 23.9. The number of likely N-dealkylation sites (N-methyl/N-ethyl adjacent to an activating group) is 1. The molecule has 0 aromatic rings. The molecule has 1 fully saturated rings. The molecule has 6 heteroatoms. The summed E-state index contributed by atoms with van der Waals surface area (Å²) in [6.45, 7) is 13.4. The van der Waals surface area contributed by atoms with Gasteiger partial charge >= 0.3 is 0 Å². The Bertz CT molecular complexity index is 329. The Kier molecular flexibility index (Phi) is 14.1. The largest absolute Gasteiger partial charge is 0.382 e. The van der Waals surface area contributed by atoms with Gasteiger partial charge in [-0.1, -0.05) is 26.7 Å². The summed E-state index contributed by atoms with van der Waals surface area (Å²) in [5.41, 5.74) is 0.395. The molecule has 2 N–H and O–H groups in total. The Balaban J connectivity index is 0.00000529. The summed E-state index contributed by atoms with van der Waals surface area (Å²) in [7, 11) is 1.86. The highest BCUT2D eigenvalue weighted by atomic mass is 127. The van der Waals surface area contributed by atoms with Crippen LogP contribution in [-0.2, 0) is 4.74 Å². The molecule has 1 rings (SSSR count). The Hall–Kier alpha value is -0.0800. The highest BCUT2D eigenvalue weighted by molar-refractivity contribution is 14.0. The molecule has 1 aliphatic carbocycles. The Morgan fingerprint density at radius 1 is 1.12 bits per heavy atom. The molecule has 0 unspecified atom stereocenters. The number of hydrogen-bond acceptors (Lipinski definition) is 3. The van der Waals surface area contributed by atoms with Crippen LogP contribution in [0.15, 0.2) is 4.99 Å². The number of guanidine groups is 1. The van der Waals surface area contributed by atoms with Crippen LogP contribution in [-0.4, -0.2) is 63.8 Å². The average molecular weight is 454 g/mol. The average Bonchev–Trinajstić information content (AvgIpc) is 3.04. The monoisotopic (exact) mass is 454 g/mol. The Morgan fingerprint density at radius 2 is 1.79 bits per heavy atom. The van der Waals surface area contributed by atoms with Gasteiger partial charge in [0.2, 0.25) is 0 Å². The minimum absolute atomic E-state index is 0. The van der Waals surface area contributed by atoms with Crippen molar-refractivity contribution in [1.82, 2.24) is 15.5 Å². The predicted octanol–water partition coefficient (Wildman–Crippen LogP) is 3.10. The summed E-state index contributed by atoms with van der Waals surface area (Å²) in [6, 6.07) is 0. The number of halogens is 1. The van der Waals surface area contributed by atoms with Crippen LogP contribution in [0.25, 0.3) is 0 Å². The zero-order chi connectivity index (χ0) is 17.0. The van der Waals surface area contributed by atoms with E-state index in [1.165, 1.54) is 25.7 Å². The van der Waals surface area contributed by atoms with Gasteiger partial charge in [0.15, 0.2) is 5.96 Å². The molecule has 0 bridgehead atoms. The molecule has 0 aromatic carbocycles. The van der Waals surface area contributed by atoms with Crippen LogP contribution in [0.5, 0.6) is 0 Å². The van der Waals surface area contributed by atoms with Crippen LogP contribution < -0.4 is 10.6 Å². The van der Waals surface area contributed by atoms with Crippen LogP contribution in [0, 0.1) is 5.41 Å². The fourth-order valence-electron chi connectivity index (χ4n) is 3.44. The summed E-state index contributed by atoms with van der Waals surface area (Å²) in [4.78, 5) is 6.79. The predicted molar refractivity (Wildman–Crippen MR) is 115 cm³/mol. The van der Waals surface area contributed by atoms with Crippen molar-refractivity contribution in [3.8, 4) is 0 Å². The van der Waals surface area contributed by atoms with Gasteiger partial charge in [-0.25, -0.2) is 0 Å². The van der Waals surface area contributed by atoms with Crippen molar-refractivity contribution >= 4 is 29.9 Å². The van der Waals surface area contributed by atoms with Crippen LogP contribution in [0.3, 0.4) is 0 Å². The lowest BCUT2D eigenvalue weighted by Crippen LogP contribution is -2.45. The van der Waals surface area contributed by atoms with Gasteiger partial charge in [-0.05, 0) is 44.7 Å². The van der Waals surface area contributed by atoms with E-state index in [0.29, 0.717) is 5.41 Å². The molecular weight excluding hydrogens is 415 g/mol. The minimum atomic E-state index is 0. The maximum atomic E-state index is 5.59. The molecule has 0 spiro atoms. The fraction of sp³-hybridized carbons (Fsp3) is 0.944. The van der Waals surface area contributed by atoms with Crippen molar-refractivity contribution in [3.63, 3.8) is 0 Å². The summed E-state index contributed by atoms with van der Waals surface area (Å²) in [6.07, 6.45) is 6.47. The second-order valence-corrected chi connectivity index (χ2v) is 6.53. The number of nitrogens with one attached hydrogen (secondary N) is 2. The van der Waals surface area contributed by atoms with Crippen molar-refractivity contribution < 1.29 is 4.74 Å². The lowest BCUT2D eigenvalue weighted by Gasteiger charge is -2.30. The number of hydrogen-bond donors (Lipinski definition) is 2. The number of ether oxygens (including phenoxy) is 1. The number of rotatable bonds is 11. The van der Waals surface area contributed by atoms with Crippen LogP contribution >= 0.6 is 24.0 Å². The van der Waals surface area contributed by atoms with E-state index in [2.05, 4.69) is 41.3 Å². The van der Waals surface area contributed by atoms with E-state index in [1.807, 2.05) is 7.05 Å². The van der Waals surface area contributed by atoms with Gasteiger partial charge < -0.3 is 20.3 Å². The first-order valence-corrected chi connectivity index (χ1v) is 9.44. The van der Waals surface area contributed by atoms with Crippen molar-refractivity contribution in [2.75, 3.05) is 53.0 Å². The number of aliphatic imine (C=N–C) groups is 1. The standard InChI is InChI=1S/C18H38N4O.HI/c1-5-22(6-2)14-13-20-17(19-4)21-16-18(10-8-9-11-18)12-15-23-7-3;/h5-16H2,1-4H3,(H2,19,20,21);1H. The van der Waals surface area contributed by atoms with Gasteiger partial charge in [0, 0.05) is 39.9 Å². The third-order valence-electron chi connectivity index (χ3n) is 5.11. The molecule has 0 amide bonds. The zero-order valence-electron chi connectivity index (χ0n) is 16.2. The molecule has 0 radical (unpaired) electrons. The van der Waals surface area contributed by atoms with Crippen LogP contribution in [0.1, 0.15) is 52.9 Å². The summed E-state index contributed by atoms with van der Waals surface area (Å²) in [5.74, 6) is 0.930. The third-order valence-corrected chi connectivity index (χ3v) is 5.11. The van der Waals surface area contributed by atoms with E-state index in [9.17, 15) is 0 Å². The first-order valence-electron chi connectivity index (χ1n) is 9.44. The second kappa shape index (κ2) is 14.1. The second-order valence-electron chi connectivity index (χ2n) is 6.53. The summed E-state index contributed by atoms with van der Waals surface area (Å²) >= 11 is 0. The van der Waals surface area contributed by atoms with E-state index >= 15 is 0 Å². The molecule has 0 aromatic heterocycles. The van der Waals surface area contributed by atoms with E-state index in [0.717, 1.165) is 58.3 Å². The smallest absolute Gasteiger partial charge is 0.191 e. The fourth-order valence-corrected chi connectivity index (χ4v) is 3.44. The Labute approximate surface area is 166 Å². The van der Waals surface area contributed by atoms with Gasteiger partial charge in [0.25, 0.3) is 0 Å². The quantitative estimate of drug-likeness (QED) is 0.218. The maximum Gasteiger partial charge on any atom is 0.191 e. The highest BCUT2D eigenvalue weighted by Crippen LogP contribution is 2.40. The molecule has 0 heterocycles. The topological polar surface area (TPSA) is 48.9 Å². The van der Waals surface area contributed by atoms with Crippen LogP contribution in [0.2, 0.25) is 0 Å². The van der Waals surface area contributed by atoms with Crippen molar-refractivity contribution in [2.45, 2.75) is 52.9 Å². The highest BCUT2D eigenvalue weighted by Gasteiger charge is 2.33. The SMILES string of the molecule is CCOCCC1(CNC(=NC)NCCN(CC)CC)CCCC1.I. The van der Waals surface area contributed by atoms with Crippen LogP contribution in [0.4, 0.5) is 0 Å². The van der Waals surface area contributed by atoms with E-state index in [-0.39, 0.29) is 24.0 Å². The van der Waals surface area contributed by atoms with Crippen molar-refractivity contribution in [2.24, 2.45) is 10.4 Å². The van der Waals surface area contributed by atoms with Crippen molar-refractivity contribution in [3.05, 3.63) is 0 Å². The minimum Gasteiger partial charge on any atom is -0.382 e. The van der Waals surface area contributed by atoms with Gasteiger partial charge in [-0.15, -0.1) is 24.0 Å². The molecule has 144 valence electrons. The van der Waals surface area contributed by atoms with E-state index < -0.39 is 0 Å². The zero-order valence-corrected chi connectivity index (χ0v) is 18.5. The molecule has 0 aliphatic heterocycles. The number of nitrogens with zero attached hydrogens (tertiary/aromatic N) is 2. The van der Waals surface area contributed by atoms with Gasteiger partial charge in [0.1, 0.15) is 0 Å². The lowest BCUT2D eigenvalue weighted by molar-refractivity contribution is 0.105. The molecule has 1 saturated carbocycles. The molecule has 24 heavy (non-hydrogen) atoms. The van der Waals surface area contributed by atoms with Gasteiger partial charge in [-0.3, -0.25) is 4.99 Å². The van der Waals surface area contributed by atoms with Crippen molar-refractivity contribution in [1.29, 1.82) is 0 Å². The molecule has 0 atom stereocenters. The first-order chi connectivity index (χ1) is 11.2. The lowest BCUT2D eigenvalue weighted by atomic mass is 9.83. The van der Waals surface area contributed by atoms with E-state index in [1.54, 1.807) is 0 Å². The molecule has 1 aliphatic rings. The molecule has 0 saturated heterocycles. The molecular formula is C18H39IN4O. The normalized spacial score (nSPS) is 17.0. The molecule has 5 nitrogen and oxygen atoms in total. The van der Waals surface area contributed by atoms with Gasteiger partial charge in [-0.2, -0.15) is 0 Å². The third kappa shape index (κ3) is 8.85.